The van der Waals surface area contributed by atoms with E-state index < -0.39 is 0 Å². The van der Waals surface area contributed by atoms with Gasteiger partial charge in [-0.05, 0) is 58.4 Å². The number of amides is 2. The molecular weight excluding hydrogens is 392 g/mol. The fourth-order valence-corrected chi connectivity index (χ4v) is 4.62. The number of rotatable bonds is 6. The summed E-state index contributed by atoms with van der Waals surface area (Å²) in [6, 6.07) is 35.5. The fraction of sp³-hybridized carbons (Fsp3) is 0.138. The summed E-state index contributed by atoms with van der Waals surface area (Å²) in [6.07, 6.45) is 1.75. The number of carbonyl (C=O) groups excluding carboxylic acids is 1. The number of anilines is 1. The normalized spacial score (nSPS) is 11.7. The third-order valence-corrected chi connectivity index (χ3v) is 6.17. The molecular formula is C29H26N2O. The summed E-state index contributed by atoms with van der Waals surface area (Å²) >= 11 is 0. The van der Waals surface area contributed by atoms with Crippen LogP contribution in [-0.2, 0) is 6.42 Å². The molecule has 0 fully saturated rings. The summed E-state index contributed by atoms with van der Waals surface area (Å²) in [5.41, 5.74) is 8.52. The standard InChI is InChI=1S/C29H26N2O/c32-29(31-25-15-16-28-24(20-25)19-23-13-7-8-14-27(23)28)30-18-17-26(21-9-3-1-4-10-21)22-11-5-2-6-12-22/h1-16,20,26H,17-19H2,(H2,30,31,32). The number of urea groups is 1. The average molecular weight is 419 g/mol. The minimum Gasteiger partial charge on any atom is -0.338 e. The highest BCUT2D eigenvalue weighted by molar-refractivity contribution is 5.90. The molecule has 0 radical (unpaired) electrons. The van der Waals surface area contributed by atoms with Crippen molar-refractivity contribution in [1.29, 1.82) is 0 Å². The molecule has 0 aromatic heterocycles. The van der Waals surface area contributed by atoms with Gasteiger partial charge in [0, 0.05) is 18.2 Å². The van der Waals surface area contributed by atoms with Gasteiger partial charge in [0.1, 0.15) is 0 Å². The van der Waals surface area contributed by atoms with Crippen molar-refractivity contribution in [2.75, 3.05) is 11.9 Å². The number of fused-ring (bicyclic) bond motifs is 3. The molecule has 4 aromatic rings. The van der Waals surface area contributed by atoms with Crippen LogP contribution in [0.2, 0.25) is 0 Å². The first kappa shape index (κ1) is 20.1. The maximum Gasteiger partial charge on any atom is 0.319 e. The van der Waals surface area contributed by atoms with Gasteiger partial charge in [-0.3, -0.25) is 0 Å². The molecule has 2 amide bonds. The van der Waals surface area contributed by atoms with Gasteiger partial charge in [-0.25, -0.2) is 4.79 Å². The zero-order valence-electron chi connectivity index (χ0n) is 17.9. The van der Waals surface area contributed by atoms with Gasteiger partial charge in [-0.2, -0.15) is 0 Å². The molecule has 1 aliphatic rings. The first-order valence-corrected chi connectivity index (χ1v) is 11.1. The molecule has 5 rings (SSSR count). The number of hydrogen-bond donors (Lipinski definition) is 2. The molecule has 0 heterocycles. The van der Waals surface area contributed by atoms with Crippen LogP contribution in [0.1, 0.15) is 34.6 Å². The van der Waals surface area contributed by atoms with Crippen molar-refractivity contribution in [3.8, 4) is 11.1 Å². The van der Waals surface area contributed by atoms with Crippen LogP contribution >= 0.6 is 0 Å². The first-order chi connectivity index (χ1) is 15.8. The van der Waals surface area contributed by atoms with Gasteiger partial charge >= 0.3 is 6.03 Å². The number of nitrogens with one attached hydrogen (secondary N) is 2. The Morgan fingerprint density at radius 2 is 1.34 bits per heavy atom. The zero-order chi connectivity index (χ0) is 21.8. The van der Waals surface area contributed by atoms with Crippen LogP contribution in [-0.4, -0.2) is 12.6 Å². The lowest BCUT2D eigenvalue weighted by Crippen LogP contribution is -2.30. The second-order valence-electron chi connectivity index (χ2n) is 8.25. The summed E-state index contributed by atoms with van der Waals surface area (Å²) in [6.45, 7) is 0.594. The van der Waals surface area contributed by atoms with Crippen molar-refractivity contribution in [2.24, 2.45) is 0 Å². The maximum atomic E-state index is 12.6. The first-order valence-electron chi connectivity index (χ1n) is 11.1. The van der Waals surface area contributed by atoms with Crippen molar-refractivity contribution in [3.63, 3.8) is 0 Å². The number of carbonyl (C=O) groups is 1. The van der Waals surface area contributed by atoms with Gasteiger partial charge < -0.3 is 10.6 Å². The lowest BCUT2D eigenvalue weighted by Gasteiger charge is -2.18. The van der Waals surface area contributed by atoms with Crippen molar-refractivity contribution in [3.05, 3.63) is 125 Å². The second-order valence-corrected chi connectivity index (χ2v) is 8.25. The molecule has 2 N–H and O–H groups in total. The van der Waals surface area contributed by atoms with E-state index in [-0.39, 0.29) is 11.9 Å². The second kappa shape index (κ2) is 9.11. The summed E-state index contributed by atoms with van der Waals surface area (Å²) < 4.78 is 0. The Kier molecular flexibility index (Phi) is 5.71. The zero-order valence-corrected chi connectivity index (χ0v) is 17.9. The summed E-state index contributed by atoms with van der Waals surface area (Å²) in [5.74, 6) is 0.246. The maximum absolute atomic E-state index is 12.6. The molecule has 0 saturated carbocycles. The molecule has 3 heteroatoms. The summed E-state index contributed by atoms with van der Waals surface area (Å²) in [4.78, 5) is 12.6. The number of benzene rings is 4. The lowest BCUT2D eigenvalue weighted by atomic mass is 9.88. The minimum absolute atomic E-state index is 0.166. The molecule has 0 unspecified atom stereocenters. The van der Waals surface area contributed by atoms with Crippen molar-refractivity contribution < 1.29 is 4.79 Å². The Balaban J connectivity index is 1.21. The lowest BCUT2D eigenvalue weighted by molar-refractivity contribution is 0.252. The largest absolute Gasteiger partial charge is 0.338 e. The third-order valence-electron chi connectivity index (χ3n) is 6.17. The molecule has 0 aliphatic heterocycles. The third kappa shape index (κ3) is 4.28. The Bertz CT molecular complexity index is 1180. The van der Waals surface area contributed by atoms with E-state index in [9.17, 15) is 4.79 Å². The van der Waals surface area contributed by atoms with Crippen LogP contribution in [0.5, 0.6) is 0 Å². The predicted molar refractivity (Wildman–Crippen MR) is 131 cm³/mol. The van der Waals surface area contributed by atoms with E-state index in [1.165, 1.54) is 33.4 Å². The SMILES string of the molecule is O=C(NCCC(c1ccccc1)c1ccccc1)Nc1ccc2c(c1)Cc1ccccc1-2. The Labute approximate surface area is 189 Å². The molecule has 0 bridgehead atoms. The highest BCUT2D eigenvalue weighted by atomic mass is 16.2. The Morgan fingerprint density at radius 1 is 0.719 bits per heavy atom. The van der Waals surface area contributed by atoms with Crippen LogP contribution in [0.25, 0.3) is 11.1 Å². The molecule has 4 aromatic carbocycles. The van der Waals surface area contributed by atoms with Crippen LogP contribution in [0.4, 0.5) is 10.5 Å². The van der Waals surface area contributed by atoms with Crippen molar-refractivity contribution in [1.82, 2.24) is 5.32 Å². The smallest absolute Gasteiger partial charge is 0.319 e. The molecule has 0 saturated heterocycles. The van der Waals surface area contributed by atoms with E-state index in [2.05, 4.69) is 95.6 Å². The van der Waals surface area contributed by atoms with E-state index in [4.69, 9.17) is 0 Å². The molecule has 0 spiro atoms. The van der Waals surface area contributed by atoms with Crippen LogP contribution in [0.3, 0.4) is 0 Å². The Morgan fingerprint density at radius 3 is 2.06 bits per heavy atom. The summed E-state index contributed by atoms with van der Waals surface area (Å²) in [7, 11) is 0. The van der Waals surface area contributed by atoms with Gasteiger partial charge in [0.15, 0.2) is 0 Å². The van der Waals surface area contributed by atoms with Crippen LogP contribution in [0.15, 0.2) is 103 Å². The average Bonchev–Trinajstić information content (AvgIpc) is 3.21. The van der Waals surface area contributed by atoms with E-state index >= 15 is 0 Å². The molecule has 158 valence electrons. The summed E-state index contributed by atoms with van der Waals surface area (Å²) in [5, 5.41) is 6.04. The van der Waals surface area contributed by atoms with Crippen LogP contribution in [0, 0.1) is 0 Å². The topological polar surface area (TPSA) is 41.1 Å². The minimum atomic E-state index is -0.166. The van der Waals surface area contributed by atoms with Gasteiger partial charge in [0.05, 0.1) is 0 Å². The highest BCUT2D eigenvalue weighted by Crippen LogP contribution is 2.37. The van der Waals surface area contributed by atoms with Gasteiger partial charge in [0.25, 0.3) is 0 Å². The van der Waals surface area contributed by atoms with Crippen molar-refractivity contribution >= 4 is 11.7 Å². The molecule has 32 heavy (non-hydrogen) atoms. The Hall–Kier alpha value is -3.85. The van der Waals surface area contributed by atoms with Gasteiger partial charge in [-0.1, -0.05) is 91.0 Å². The molecule has 3 nitrogen and oxygen atoms in total. The van der Waals surface area contributed by atoms with E-state index in [1.54, 1.807) is 0 Å². The van der Waals surface area contributed by atoms with Gasteiger partial charge in [-0.15, -0.1) is 0 Å². The van der Waals surface area contributed by atoms with Gasteiger partial charge in [0.2, 0.25) is 0 Å². The molecule has 0 atom stereocenters. The van der Waals surface area contributed by atoms with Crippen molar-refractivity contribution in [2.45, 2.75) is 18.8 Å². The molecule has 1 aliphatic carbocycles. The number of hydrogen-bond acceptors (Lipinski definition) is 1. The monoisotopic (exact) mass is 418 g/mol. The quantitative estimate of drug-likeness (QED) is 0.320. The van der Waals surface area contributed by atoms with E-state index in [1.807, 2.05) is 18.2 Å². The highest BCUT2D eigenvalue weighted by Gasteiger charge is 2.18. The predicted octanol–water partition coefficient (Wildman–Crippen LogP) is 6.60. The van der Waals surface area contributed by atoms with E-state index in [0.717, 1.165) is 18.5 Å². The fourth-order valence-electron chi connectivity index (χ4n) is 4.62. The van der Waals surface area contributed by atoms with Crippen LogP contribution < -0.4 is 10.6 Å². The van der Waals surface area contributed by atoms with E-state index in [0.29, 0.717) is 6.54 Å².